The van der Waals surface area contributed by atoms with Crippen LogP contribution >= 0.6 is 11.8 Å². The Kier molecular flexibility index (Phi) is 5.60. The van der Waals surface area contributed by atoms with Crippen molar-refractivity contribution in [2.75, 3.05) is 30.9 Å². The van der Waals surface area contributed by atoms with Gasteiger partial charge in [-0.2, -0.15) is 0 Å². The summed E-state index contributed by atoms with van der Waals surface area (Å²) in [6.45, 7) is 1.72. The number of hydrogen-bond acceptors (Lipinski definition) is 4. The first-order valence-electron chi connectivity index (χ1n) is 8.14. The molecule has 0 bridgehead atoms. The van der Waals surface area contributed by atoms with Gasteiger partial charge >= 0.3 is 0 Å². The lowest BCUT2D eigenvalue weighted by Gasteiger charge is -2.26. The van der Waals surface area contributed by atoms with Crippen molar-refractivity contribution in [3.8, 4) is 0 Å². The number of fused-ring (bicyclic) bond motifs is 1. The number of benzene rings is 2. The molecule has 4 heteroatoms. The van der Waals surface area contributed by atoms with E-state index in [1.807, 2.05) is 18.8 Å². The van der Waals surface area contributed by atoms with Crippen molar-refractivity contribution in [2.24, 2.45) is 0 Å². The van der Waals surface area contributed by atoms with E-state index in [1.165, 1.54) is 28.2 Å². The molecule has 23 heavy (non-hydrogen) atoms. The molecular weight excluding hydrogens is 304 g/mol. The maximum absolute atomic E-state index is 9.01. The third-order valence-corrected chi connectivity index (χ3v) is 5.45. The summed E-state index contributed by atoms with van der Waals surface area (Å²) < 4.78 is 0. The second kappa shape index (κ2) is 7.86. The van der Waals surface area contributed by atoms with E-state index in [1.54, 1.807) is 0 Å². The Morgan fingerprint density at radius 3 is 2.74 bits per heavy atom. The quantitative estimate of drug-likeness (QED) is 0.851. The van der Waals surface area contributed by atoms with Crippen molar-refractivity contribution in [1.29, 1.82) is 0 Å². The maximum Gasteiger partial charge on any atom is 0.0606 e. The highest BCUT2D eigenvalue weighted by molar-refractivity contribution is 7.99. The Morgan fingerprint density at radius 2 is 1.96 bits per heavy atom. The van der Waals surface area contributed by atoms with Gasteiger partial charge in [0.15, 0.2) is 0 Å². The smallest absolute Gasteiger partial charge is 0.0606 e. The fourth-order valence-electron chi connectivity index (χ4n) is 2.94. The predicted molar refractivity (Wildman–Crippen MR) is 98.2 cm³/mol. The average molecular weight is 328 g/mol. The van der Waals surface area contributed by atoms with E-state index in [9.17, 15) is 0 Å². The highest BCUT2D eigenvalue weighted by Crippen LogP contribution is 2.35. The Bertz CT molecular complexity index is 630. The number of aliphatic hydroxyl groups is 1. The van der Waals surface area contributed by atoms with E-state index >= 15 is 0 Å². The minimum Gasteiger partial charge on any atom is -0.395 e. The largest absolute Gasteiger partial charge is 0.395 e. The zero-order valence-corrected chi connectivity index (χ0v) is 14.4. The average Bonchev–Trinajstić information content (AvgIpc) is 2.60. The van der Waals surface area contributed by atoms with E-state index in [-0.39, 0.29) is 6.61 Å². The lowest BCUT2D eigenvalue weighted by atomic mass is 10.0. The molecule has 0 aliphatic carbocycles. The van der Waals surface area contributed by atoms with E-state index in [4.69, 9.17) is 5.11 Å². The van der Waals surface area contributed by atoms with Gasteiger partial charge in [0.05, 0.1) is 6.61 Å². The first-order valence-corrected chi connectivity index (χ1v) is 9.12. The first kappa shape index (κ1) is 16.4. The van der Waals surface area contributed by atoms with Crippen molar-refractivity contribution in [2.45, 2.75) is 23.9 Å². The van der Waals surface area contributed by atoms with Gasteiger partial charge in [-0.1, -0.05) is 30.3 Å². The van der Waals surface area contributed by atoms with Crippen molar-refractivity contribution >= 4 is 17.4 Å². The molecule has 122 valence electrons. The van der Waals surface area contributed by atoms with Crippen molar-refractivity contribution in [3.63, 3.8) is 0 Å². The third kappa shape index (κ3) is 4.08. The number of nitrogens with one attached hydrogen (secondary N) is 1. The molecule has 1 aliphatic rings. The topological polar surface area (TPSA) is 35.5 Å². The summed E-state index contributed by atoms with van der Waals surface area (Å²) in [5.41, 5.74) is 3.87. The van der Waals surface area contributed by atoms with Crippen LogP contribution in [-0.4, -0.2) is 31.1 Å². The summed E-state index contributed by atoms with van der Waals surface area (Å²) in [7, 11) is 2.00. The Hall–Kier alpha value is -1.49. The van der Waals surface area contributed by atoms with Crippen LogP contribution < -0.4 is 10.2 Å². The minimum atomic E-state index is 0.179. The van der Waals surface area contributed by atoms with Crippen LogP contribution in [0.25, 0.3) is 0 Å². The summed E-state index contributed by atoms with van der Waals surface area (Å²) in [6, 6.07) is 17.7. The number of rotatable bonds is 6. The number of likely N-dealkylation sites (N-methyl/N-ethyl adjacent to an activating group) is 1. The summed E-state index contributed by atoms with van der Waals surface area (Å²) in [5, 5.41) is 12.7. The van der Waals surface area contributed by atoms with E-state index in [0.717, 1.165) is 12.2 Å². The number of anilines is 1. The molecule has 1 atom stereocenters. The molecule has 0 saturated heterocycles. The highest BCUT2D eigenvalue weighted by atomic mass is 32.2. The molecule has 3 nitrogen and oxygen atoms in total. The molecule has 0 radical (unpaired) electrons. The van der Waals surface area contributed by atoms with Crippen LogP contribution in [-0.2, 0) is 6.54 Å². The van der Waals surface area contributed by atoms with Crippen LogP contribution in [0.15, 0.2) is 53.4 Å². The SMILES string of the molecule is CN(CCO)c1ccc(CN[C@H]2CCSc3ccccc32)cc1. The third-order valence-electron chi connectivity index (χ3n) is 4.32. The second-order valence-corrected chi connectivity index (χ2v) is 7.06. The lowest BCUT2D eigenvalue weighted by molar-refractivity contribution is 0.304. The van der Waals surface area contributed by atoms with Crippen LogP contribution in [0.4, 0.5) is 5.69 Å². The van der Waals surface area contributed by atoms with Gasteiger partial charge in [0.2, 0.25) is 0 Å². The van der Waals surface area contributed by atoms with Gasteiger partial charge in [0.25, 0.3) is 0 Å². The highest BCUT2D eigenvalue weighted by Gasteiger charge is 2.19. The summed E-state index contributed by atoms with van der Waals surface area (Å²) in [5.74, 6) is 1.18. The summed E-state index contributed by atoms with van der Waals surface area (Å²) in [4.78, 5) is 3.48. The fraction of sp³-hybridized carbons (Fsp3) is 0.368. The lowest BCUT2D eigenvalue weighted by Crippen LogP contribution is -2.24. The molecule has 3 rings (SSSR count). The molecule has 0 aromatic heterocycles. The minimum absolute atomic E-state index is 0.179. The van der Waals surface area contributed by atoms with Crippen LogP contribution in [0.2, 0.25) is 0 Å². The monoisotopic (exact) mass is 328 g/mol. The number of nitrogens with zero attached hydrogens (tertiary/aromatic N) is 1. The molecule has 2 N–H and O–H groups in total. The normalized spacial score (nSPS) is 16.9. The van der Waals surface area contributed by atoms with Crippen molar-refractivity contribution in [1.82, 2.24) is 5.32 Å². The van der Waals surface area contributed by atoms with Gasteiger partial charge in [-0.15, -0.1) is 11.8 Å². The number of aliphatic hydroxyl groups excluding tert-OH is 1. The van der Waals surface area contributed by atoms with E-state index in [0.29, 0.717) is 12.6 Å². The zero-order chi connectivity index (χ0) is 16.1. The van der Waals surface area contributed by atoms with Crippen molar-refractivity contribution in [3.05, 3.63) is 59.7 Å². The molecule has 0 spiro atoms. The Morgan fingerprint density at radius 1 is 1.17 bits per heavy atom. The molecule has 0 fully saturated rings. The predicted octanol–water partition coefficient (Wildman–Crippen LogP) is 3.44. The van der Waals surface area contributed by atoms with Gasteiger partial charge in [0, 0.05) is 36.8 Å². The number of thioether (sulfide) groups is 1. The fourth-order valence-corrected chi connectivity index (χ4v) is 4.07. The molecule has 2 aromatic rings. The molecular formula is C19H24N2OS. The standard InChI is InChI=1S/C19H24N2OS/c1-21(11-12-22)16-8-6-15(7-9-16)14-20-18-10-13-23-19-5-3-2-4-17(18)19/h2-9,18,20,22H,10-14H2,1H3/t18-/m0/s1. The van der Waals surface area contributed by atoms with Gasteiger partial charge in [-0.05, 0) is 41.5 Å². The molecule has 1 aliphatic heterocycles. The zero-order valence-electron chi connectivity index (χ0n) is 13.5. The van der Waals surface area contributed by atoms with Crippen LogP contribution in [0.1, 0.15) is 23.6 Å². The maximum atomic E-state index is 9.01. The van der Waals surface area contributed by atoms with Crippen LogP contribution in [0.3, 0.4) is 0 Å². The molecule has 0 unspecified atom stereocenters. The van der Waals surface area contributed by atoms with Gasteiger partial charge in [-0.25, -0.2) is 0 Å². The molecule has 2 aromatic carbocycles. The van der Waals surface area contributed by atoms with Crippen LogP contribution in [0, 0.1) is 0 Å². The van der Waals surface area contributed by atoms with E-state index in [2.05, 4.69) is 58.7 Å². The Labute approximate surface area is 142 Å². The summed E-state index contributed by atoms with van der Waals surface area (Å²) in [6.07, 6.45) is 1.18. The molecule has 0 amide bonds. The second-order valence-electron chi connectivity index (χ2n) is 5.92. The molecule has 1 heterocycles. The van der Waals surface area contributed by atoms with Gasteiger partial charge < -0.3 is 15.3 Å². The molecule has 0 saturated carbocycles. The van der Waals surface area contributed by atoms with Gasteiger partial charge in [-0.3, -0.25) is 0 Å². The Balaban J connectivity index is 1.61. The first-order chi connectivity index (χ1) is 11.3. The van der Waals surface area contributed by atoms with Crippen molar-refractivity contribution < 1.29 is 5.11 Å². The summed E-state index contributed by atoms with van der Waals surface area (Å²) >= 11 is 1.96. The number of hydrogen-bond donors (Lipinski definition) is 2. The van der Waals surface area contributed by atoms with Gasteiger partial charge in [0.1, 0.15) is 0 Å². The van der Waals surface area contributed by atoms with Crippen LogP contribution in [0.5, 0.6) is 0 Å². The van der Waals surface area contributed by atoms with E-state index < -0.39 is 0 Å².